The predicted molar refractivity (Wildman–Crippen MR) is 85.5 cm³/mol. The Morgan fingerprint density at radius 2 is 1.87 bits per heavy atom. The quantitative estimate of drug-likeness (QED) is 0.545. The average Bonchev–Trinajstić information content (AvgIpc) is 2.55. The molecule has 8 nitrogen and oxygen atoms in total. The van der Waals surface area contributed by atoms with Gasteiger partial charge in [-0.25, -0.2) is 9.59 Å². The van der Waals surface area contributed by atoms with Crippen molar-refractivity contribution in [1.82, 2.24) is 15.1 Å². The van der Waals surface area contributed by atoms with Crippen molar-refractivity contribution < 1.29 is 24.2 Å². The molecule has 1 rings (SSSR count). The van der Waals surface area contributed by atoms with Gasteiger partial charge in [0.2, 0.25) is 0 Å². The van der Waals surface area contributed by atoms with Crippen molar-refractivity contribution in [3.8, 4) is 0 Å². The molecule has 0 spiro atoms. The Bertz CT molecular complexity index is 383. The summed E-state index contributed by atoms with van der Waals surface area (Å²) in [5.74, 6) is -1.06. The number of nitrogens with one attached hydrogen (secondary N) is 1. The number of hydrogen-bond acceptors (Lipinski definition) is 6. The van der Waals surface area contributed by atoms with E-state index in [-0.39, 0.29) is 6.61 Å². The Labute approximate surface area is 137 Å². The lowest BCUT2D eigenvalue weighted by molar-refractivity contribution is -0.139. The third-order valence-corrected chi connectivity index (χ3v) is 3.73. The fourth-order valence-electron chi connectivity index (χ4n) is 2.34. The Morgan fingerprint density at radius 1 is 1.26 bits per heavy atom. The predicted octanol–water partition coefficient (Wildman–Crippen LogP) is 0.00590. The minimum atomic E-state index is -1.06. The molecule has 1 aliphatic heterocycles. The molecule has 0 aromatic heterocycles. The Kier molecular flexibility index (Phi) is 9.27. The fraction of sp³-hybridized carbons (Fsp3) is 0.733. The number of carboxylic acid groups (broad SMARTS) is 1. The number of carboxylic acids is 1. The number of amides is 1. The van der Waals surface area contributed by atoms with Crippen molar-refractivity contribution >= 4 is 12.1 Å². The molecule has 8 heteroatoms. The molecule has 1 unspecified atom stereocenters. The summed E-state index contributed by atoms with van der Waals surface area (Å²) in [5.41, 5.74) is 0. The summed E-state index contributed by atoms with van der Waals surface area (Å²) in [7, 11) is 1.69. The summed E-state index contributed by atoms with van der Waals surface area (Å²) in [4.78, 5) is 27.2. The van der Waals surface area contributed by atoms with E-state index in [4.69, 9.17) is 9.47 Å². The Balaban J connectivity index is 2.29. The molecule has 132 valence electrons. The molecular formula is C15H27N3O5. The fourth-order valence-corrected chi connectivity index (χ4v) is 2.34. The minimum absolute atomic E-state index is 0.0571. The molecule has 0 bridgehead atoms. The van der Waals surface area contributed by atoms with Crippen molar-refractivity contribution in [3.05, 3.63) is 12.7 Å². The normalized spacial score (nSPS) is 17.4. The van der Waals surface area contributed by atoms with Crippen LogP contribution in [-0.4, -0.2) is 92.6 Å². The van der Waals surface area contributed by atoms with Crippen LogP contribution in [0.2, 0.25) is 0 Å². The molecule has 1 fully saturated rings. The van der Waals surface area contributed by atoms with Gasteiger partial charge in [-0.15, -0.1) is 0 Å². The van der Waals surface area contributed by atoms with Crippen LogP contribution in [0.25, 0.3) is 0 Å². The van der Waals surface area contributed by atoms with E-state index in [1.165, 1.54) is 6.08 Å². The van der Waals surface area contributed by atoms with Gasteiger partial charge < -0.3 is 24.8 Å². The lowest BCUT2D eigenvalue weighted by Crippen LogP contribution is -2.49. The summed E-state index contributed by atoms with van der Waals surface area (Å²) in [6.45, 7) is 9.40. The van der Waals surface area contributed by atoms with Gasteiger partial charge in [0.25, 0.3) is 0 Å². The average molecular weight is 329 g/mol. The van der Waals surface area contributed by atoms with Gasteiger partial charge >= 0.3 is 12.1 Å². The van der Waals surface area contributed by atoms with E-state index >= 15 is 0 Å². The highest BCUT2D eigenvalue weighted by Gasteiger charge is 2.23. The van der Waals surface area contributed by atoms with Gasteiger partial charge in [-0.1, -0.05) is 12.7 Å². The molecule has 0 saturated carbocycles. The monoisotopic (exact) mass is 329 g/mol. The van der Waals surface area contributed by atoms with Crippen LogP contribution >= 0.6 is 0 Å². The first-order chi connectivity index (χ1) is 11.1. The summed E-state index contributed by atoms with van der Waals surface area (Å²) in [5, 5.41) is 11.6. The van der Waals surface area contributed by atoms with Crippen LogP contribution < -0.4 is 5.32 Å². The van der Waals surface area contributed by atoms with Crippen LogP contribution in [0.1, 0.15) is 6.42 Å². The Hall–Kier alpha value is -1.64. The van der Waals surface area contributed by atoms with Gasteiger partial charge in [0, 0.05) is 46.4 Å². The smallest absolute Gasteiger partial charge is 0.408 e. The van der Waals surface area contributed by atoms with E-state index in [1.807, 2.05) is 0 Å². The maximum Gasteiger partial charge on any atom is 0.408 e. The zero-order valence-electron chi connectivity index (χ0n) is 13.7. The largest absolute Gasteiger partial charge is 0.480 e. The summed E-state index contributed by atoms with van der Waals surface area (Å²) in [6, 6.07) is -0.946. The first-order valence-electron chi connectivity index (χ1n) is 7.77. The van der Waals surface area contributed by atoms with Crippen molar-refractivity contribution in [3.63, 3.8) is 0 Å². The number of ether oxygens (including phenoxy) is 2. The second-order valence-electron chi connectivity index (χ2n) is 5.39. The van der Waals surface area contributed by atoms with Crippen molar-refractivity contribution in [1.29, 1.82) is 0 Å². The molecule has 1 heterocycles. The molecule has 23 heavy (non-hydrogen) atoms. The van der Waals surface area contributed by atoms with Crippen LogP contribution in [0.15, 0.2) is 12.7 Å². The number of hydrogen-bond donors (Lipinski definition) is 2. The summed E-state index contributed by atoms with van der Waals surface area (Å²) >= 11 is 0. The van der Waals surface area contributed by atoms with Crippen LogP contribution in [0.3, 0.4) is 0 Å². The summed E-state index contributed by atoms with van der Waals surface area (Å²) in [6.07, 6.45) is 1.04. The highest BCUT2D eigenvalue weighted by Crippen LogP contribution is 2.04. The molecule has 1 amide bonds. The van der Waals surface area contributed by atoms with Gasteiger partial charge in [0.1, 0.15) is 12.6 Å². The van der Waals surface area contributed by atoms with Crippen LogP contribution in [0.5, 0.6) is 0 Å². The third-order valence-electron chi connectivity index (χ3n) is 3.73. The zero-order valence-corrected chi connectivity index (χ0v) is 13.7. The number of nitrogens with zero attached hydrogens (tertiary/aromatic N) is 2. The molecule has 0 aliphatic carbocycles. The summed E-state index contributed by atoms with van der Waals surface area (Å²) < 4.78 is 9.81. The molecule has 1 aliphatic rings. The standard InChI is InChI=1S/C15H27N3O5/c1-3-11-23-15(21)16-13(14(19)20)4-5-17-6-8-18(9-7-17)10-12-22-2/h3,13H,1,4-12H2,2H3,(H,16,21)(H,19,20). The topological polar surface area (TPSA) is 91.3 Å². The first-order valence-corrected chi connectivity index (χ1v) is 7.77. The minimum Gasteiger partial charge on any atom is -0.480 e. The van der Waals surface area contributed by atoms with Crippen molar-refractivity contribution in [2.24, 2.45) is 0 Å². The number of rotatable bonds is 10. The maximum atomic E-state index is 11.4. The third kappa shape index (κ3) is 7.96. The number of methoxy groups -OCH3 is 1. The van der Waals surface area contributed by atoms with Crippen LogP contribution in [-0.2, 0) is 14.3 Å². The highest BCUT2D eigenvalue weighted by molar-refractivity contribution is 5.79. The maximum absolute atomic E-state index is 11.4. The zero-order chi connectivity index (χ0) is 17.1. The van der Waals surface area contributed by atoms with Gasteiger partial charge in [0.15, 0.2) is 0 Å². The highest BCUT2D eigenvalue weighted by atomic mass is 16.5. The van der Waals surface area contributed by atoms with E-state index < -0.39 is 18.1 Å². The van der Waals surface area contributed by atoms with E-state index in [0.717, 1.165) is 39.3 Å². The number of carbonyl (C=O) groups is 2. The SMILES string of the molecule is C=CCOC(=O)NC(CCN1CCN(CCOC)CC1)C(=O)O. The van der Waals surface area contributed by atoms with Crippen LogP contribution in [0, 0.1) is 0 Å². The molecular weight excluding hydrogens is 302 g/mol. The molecule has 1 atom stereocenters. The number of carbonyl (C=O) groups excluding carboxylic acids is 1. The van der Waals surface area contributed by atoms with E-state index in [1.54, 1.807) is 7.11 Å². The first kappa shape index (κ1) is 19.4. The lowest BCUT2D eigenvalue weighted by Gasteiger charge is -2.34. The van der Waals surface area contributed by atoms with E-state index in [9.17, 15) is 14.7 Å². The lowest BCUT2D eigenvalue weighted by atomic mass is 10.2. The van der Waals surface area contributed by atoms with Crippen molar-refractivity contribution in [2.75, 3.05) is 59.6 Å². The van der Waals surface area contributed by atoms with E-state index in [0.29, 0.717) is 13.0 Å². The number of aliphatic carboxylic acids is 1. The molecule has 0 aromatic rings. The van der Waals surface area contributed by atoms with Gasteiger partial charge in [-0.2, -0.15) is 0 Å². The molecule has 0 aromatic carbocycles. The number of piperazine rings is 1. The van der Waals surface area contributed by atoms with Gasteiger partial charge in [-0.05, 0) is 6.42 Å². The Morgan fingerprint density at radius 3 is 2.39 bits per heavy atom. The number of alkyl carbamates (subject to hydrolysis) is 1. The second-order valence-corrected chi connectivity index (χ2v) is 5.39. The van der Waals surface area contributed by atoms with Crippen molar-refractivity contribution in [2.45, 2.75) is 12.5 Å². The van der Waals surface area contributed by atoms with Crippen LogP contribution in [0.4, 0.5) is 4.79 Å². The molecule has 1 saturated heterocycles. The molecule has 0 radical (unpaired) electrons. The molecule has 2 N–H and O–H groups in total. The van der Waals surface area contributed by atoms with Gasteiger partial charge in [-0.3, -0.25) is 4.90 Å². The van der Waals surface area contributed by atoms with Gasteiger partial charge in [0.05, 0.1) is 6.61 Å². The second kappa shape index (κ2) is 11.0. The van der Waals surface area contributed by atoms with E-state index in [2.05, 4.69) is 21.7 Å².